The Kier molecular flexibility index (Phi) is 5.64. The van der Waals surface area contributed by atoms with Crippen molar-refractivity contribution in [3.8, 4) is 0 Å². The maximum absolute atomic E-state index is 12.7. The van der Waals surface area contributed by atoms with Crippen LogP contribution in [0.4, 0.5) is 0 Å². The Hall–Kier alpha value is -0.610. The first-order valence-corrected chi connectivity index (χ1v) is 7.77. The first kappa shape index (κ1) is 14.8. The molecule has 1 heterocycles. The number of methoxy groups -OCH3 is 1. The van der Waals surface area contributed by atoms with Gasteiger partial charge in [0.1, 0.15) is 0 Å². The third kappa shape index (κ3) is 4.18. The summed E-state index contributed by atoms with van der Waals surface area (Å²) in [4.78, 5) is 14.8. The molecular formula is C15H28N2O2. The third-order valence-electron chi connectivity index (χ3n) is 4.47. The van der Waals surface area contributed by atoms with Gasteiger partial charge in [0.05, 0.1) is 12.6 Å². The summed E-state index contributed by atoms with van der Waals surface area (Å²) in [7, 11) is 1.70. The van der Waals surface area contributed by atoms with Crippen LogP contribution in [0.15, 0.2) is 0 Å². The maximum atomic E-state index is 12.7. The molecule has 0 aromatic heterocycles. The lowest BCUT2D eigenvalue weighted by Crippen LogP contribution is -2.51. The van der Waals surface area contributed by atoms with E-state index in [4.69, 9.17) is 4.74 Å². The summed E-state index contributed by atoms with van der Waals surface area (Å²) in [6.07, 6.45) is 7.14. The van der Waals surface area contributed by atoms with Crippen LogP contribution in [0, 0.1) is 5.92 Å². The largest absolute Gasteiger partial charge is 0.383 e. The minimum atomic E-state index is 0.0283. The van der Waals surface area contributed by atoms with Crippen LogP contribution in [0.2, 0.25) is 0 Å². The summed E-state index contributed by atoms with van der Waals surface area (Å²) in [6, 6.07) is 0.397. The number of carbonyl (C=O) groups is 1. The van der Waals surface area contributed by atoms with Crippen molar-refractivity contribution in [1.82, 2.24) is 10.2 Å². The normalized spacial score (nSPS) is 25.7. The van der Waals surface area contributed by atoms with E-state index < -0.39 is 0 Å². The van der Waals surface area contributed by atoms with E-state index in [9.17, 15) is 4.79 Å². The highest BCUT2D eigenvalue weighted by molar-refractivity contribution is 5.82. The van der Waals surface area contributed by atoms with Crippen LogP contribution in [0.3, 0.4) is 0 Å². The number of ether oxygens (including phenoxy) is 1. The van der Waals surface area contributed by atoms with Crippen LogP contribution in [-0.2, 0) is 9.53 Å². The first-order valence-electron chi connectivity index (χ1n) is 7.77. The van der Waals surface area contributed by atoms with Gasteiger partial charge in [0.2, 0.25) is 5.91 Å². The number of carbonyl (C=O) groups excluding carboxylic acids is 1. The monoisotopic (exact) mass is 268 g/mol. The van der Waals surface area contributed by atoms with Crippen molar-refractivity contribution < 1.29 is 9.53 Å². The predicted octanol–water partition coefficient (Wildman–Crippen LogP) is 1.79. The van der Waals surface area contributed by atoms with Crippen molar-refractivity contribution in [3.63, 3.8) is 0 Å². The zero-order valence-electron chi connectivity index (χ0n) is 12.4. The maximum Gasteiger partial charge on any atom is 0.240 e. The molecule has 2 fully saturated rings. The molecule has 0 radical (unpaired) electrons. The van der Waals surface area contributed by atoms with Crippen LogP contribution in [0.1, 0.15) is 45.4 Å². The lowest BCUT2D eigenvalue weighted by Gasteiger charge is -2.32. The molecule has 1 amide bonds. The molecule has 0 bridgehead atoms. The van der Waals surface area contributed by atoms with E-state index in [0.29, 0.717) is 24.5 Å². The number of hydrogen-bond acceptors (Lipinski definition) is 3. The van der Waals surface area contributed by atoms with Crippen LogP contribution >= 0.6 is 0 Å². The SMILES string of the molecule is COCCN(C(=O)C1CCCCCN1)C(C)C1CC1. The lowest BCUT2D eigenvalue weighted by molar-refractivity contribution is -0.136. The van der Waals surface area contributed by atoms with Gasteiger partial charge in [-0.2, -0.15) is 0 Å². The van der Waals surface area contributed by atoms with E-state index in [-0.39, 0.29) is 6.04 Å². The first-order chi connectivity index (χ1) is 9.24. The van der Waals surface area contributed by atoms with Gasteiger partial charge in [-0.05, 0) is 45.1 Å². The highest BCUT2D eigenvalue weighted by atomic mass is 16.5. The van der Waals surface area contributed by atoms with Gasteiger partial charge < -0.3 is 15.0 Å². The summed E-state index contributed by atoms with van der Waals surface area (Å²) < 4.78 is 5.17. The van der Waals surface area contributed by atoms with E-state index in [1.165, 1.54) is 32.1 Å². The Morgan fingerprint density at radius 3 is 2.79 bits per heavy atom. The molecular weight excluding hydrogens is 240 g/mol. The Labute approximate surface area is 116 Å². The van der Waals surface area contributed by atoms with Crippen molar-refractivity contribution >= 4 is 5.91 Å². The van der Waals surface area contributed by atoms with Crippen molar-refractivity contribution in [2.75, 3.05) is 26.8 Å². The second-order valence-electron chi connectivity index (χ2n) is 5.96. The molecule has 1 N–H and O–H groups in total. The quantitative estimate of drug-likeness (QED) is 0.798. The van der Waals surface area contributed by atoms with Crippen molar-refractivity contribution in [2.45, 2.75) is 57.5 Å². The molecule has 110 valence electrons. The van der Waals surface area contributed by atoms with Gasteiger partial charge in [-0.25, -0.2) is 0 Å². The smallest absolute Gasteiger partial charge is 0.240 e. The molecule has 0 aromatic rings. The number of rotatable bonds is 6. The van der Waals surface area contributed by atoms with E-state index in [0.717, 1.165) is 19.5 Å². The van der Waals surface area contributed by atoms with Gasteiger partial charge in [-0.3, -0.25) is 4.79 Å². The fraction of sp³-hybridized carbons (Fsp3) is 0.933. The molecule has 2 rings (SSSR count). The second kappa shape index (κ2) is 7.25. The number of hydrogen-bond donors (Lipinski definition) is 1. The fourth-order valence-corrected chi connectivity index (χ4v) is 2.98. The highest BCUT2D eigenvalue weighted by Crippen LogP contribution is 2.35. The Bertz CT molecular complexity index is 284. The average Bonchev–Trinajstić information content (AvgIpc) is 3.25. The molecule has 2 aliphatic rings. The van der Waals surface area contributed by atoms with Crippen LogP contribution in [0.25, 0.3) is 0 Å². The molecule has 1 aliphatic heterocycles. The standard InChI is InChI=1S/C15H28N2O2/c1-12(13-7-8-13)17(10-11-19-2)15(18)14-6-4-3-5-9-16-14/h12-14,16H,3-11H2,1-2H3. The molecule has 0 spiro atoms. The van der Waals surface area contributed by atoms with E-state index >= 15 is 0 Å². The van der Waals surface area contributed by atoms with Crippen LogP contribution in [0.5, 0.6) is 0 Å². The second-order valence-corrected chi connectivity index (χ2v) is 5.96. The van der Waals surface area contributed by atoms with E-state index in [1.54, 1.807) is 7.11 Å². The Morgan fingerprint density at radius 1 is 1.32 bits per heavy atom. The van der Waals surface area contributed by atoms with Gasteiger partial charge in [-0.15, -0.1) is 0 Å². The summed E-state index contributed by atoms with van der Waals surface area (Å²) in [5.74, 6) is 1.00. The topological polar surface area (TPSA) is 41.6 Å². The van der Waals surface area contributed by atoms with Gasteiger partial charge in [0.15, 0.2) is 0 Å². The number of nitrogens with zero attached hydrogens (tertiary/aromatic N) is 1. The Morgan fingerprint density at radius 2 is 2.11 bits per heavy atom. The molecule has 19 heavy (non-hydrogen) atoms. The molecule has 1 aliphatic carbocycles. The lowest BCUT2D eigenvalue weighted by atomic mass is 10.1. The van der Waals surface area contributed by atoms with Gasteiger partial charge in [-0.1, -0.05) is 12.8 Å². The van der Waals surface area contributed by atoms with Crippen LogP contribution in [-0.4, -0.2) is 49.7 Å². The zero-order valence-corrected chi connectivity index (χ0v) is 12.4. The average molecular weight is 268 g/mol. The number of nitrogens with one attached hydrogen (secondary N) is 1. The molecule has 1 saturated carbocycles. The molecule has 0 aromatic carbocycles. The van der Waals surface area contributed by atoms with Crippen molar-refractivity contribution in [1.29, 1.82) is 0 Å². The number of amides is 1. The van der Waals surface area contributed by atoms with Gasteiger partial charge in [0, 0.05) is 19.7 Å². The van der Waals surface area contributed by atoms with Gasteiger partial charge >= 0.3 is 0 Å². The minimum absolute atomic E-state index is 0.0283. The molecule has 4 heteroatoms. The molecule has 2 atom stereocenters. The van der Waals surface area contributed by atoms with Gasteiger partial charge in [0.25, 0.3) is 0 Å². The highest BCUT2D eigenvalue weighted by Gasteiger charge is 2.36. The summed E-state index contributed by atoms with van der Waals surface area (Å²) in [5, 5.41) is 3.42. The van der Waals surface area contributed by atoms with Crippen molar-refractivity contribution in [2.24, 2.45) is 5.92 Å². The fourth-order valence-electron chi connectivity index (χ4n) is 2.98. The van der Waals surface area contributed by atoms with E-state index in [1.807, 2.05) is 0 Å². The predicted molar refractivity (Wildman–Crippen MR) is 76.0 cm³/mol. The van der Waals surface area contributed by atoms with E-state index in [2.05, 4.69) is 17.1 Å². The molecule has 1 saturated heterocycles. The third-order valence-corrected chi connectivity index (χ3v) is 4.47. The summed E-state index contributed by atoms with van der Waals surface area (Å²) in [5.41, 5.74) is 0. The Balaban J connectivity index is 1.96. The summed E-state index contributed by atoms with van der Waals surface area (Å²) >= 11 is 0. The minimum Gasteiger partial charge on any atom is -0.383 e. The molecule has 2 unspecified atom stereocenters. The van der Waals surface area contributed by atoms with Crippen LogP contribution < -0.4 is 5.32 Å². The molecule has 4 nitrogen and oxygen atoms in total. The zero-order chi connectivity index (χ0) is 13.7. The summed E-state index contributed by atoms with van der Waals surface area (Å²) in [6.45, 7) is 4.54. The van der Waals surface area contributed by atoms with Crippen molar-refractivity contribution in [3.05, 3.63) is 0 Å².